The topological polar surface area (TPSA) is 72.0 Å². The third-order valence-electron chi connectivity index (χ3n) is 5.71. The van der Waals surface area contributed by atoms with E-state index in [2.05, 4.69) is 9.97 Å². The largest absolute Gasteiger partial charge is 0.331 e. The summed E-state index contributed by atoms with van der Waals surface area (Å²) in [6.07, 6.45) is 7.76. The number of carbonyl (C=O) groups is 2. The molecule has 0 bridgehead atoms. The van der Waals surface area contributed by atoms with Crippen LogP contribution in [0.2, 0.25) is 0 Å². The van der Waals surface area contributed by atoms with Crippen molar-refractivity contribution in [3.8, 4) is 0 Å². The minimum absolute atomic E-state index is 0.0338. The summed E-state index contributed by atoms with van der Waals surface area (Å²) in [5.41, 5.74) is 4.09. The molecule has 33 heavy (non-hydrogen) atoms. The van der Waals surface area contributed by atoms with Crippen molar-refractivity contribution in [3.63, 3.8) is 0 Å². The fourth-order valence-corrected chi connectivity index (χ4v) is 3.97. The number of pyridine rings is 2. The van der Waals surface area contributed by atoms with Crippen LogP contribution in [0.5, 0.6) is 0 Å². The Morgan fingerprint density at radius 1 is 0.697 bits per heavy atom. The number of nitrogens with zero attached hydrogens (tertiary/aromatic N) is 5. The summed E-state index contributed by atoms with van der Waals surface area (Å²) in [6.45, 7) is 0.757. The van der Waals surface area contributed by atoms with Gasteiger partial charge in [-0.05, 0) is 24.3 Å². The smallest absolute Gasteiger partial charge is 0.223 e. The number of hydrogen-bond donors (Lipinski definition) is 0. The molecule has 0 saturated carbocycles. The second-order valence-corrected chi connectivity index (χ2v) is 7.90. The standard InChI is InChI=1S/C26H23N5O2/c32-23(20-8-2-1-3-9-20)12-13-26(33)29(18-21-16-27-24-10-4-6-14-30(21)24)19-22-17-28-25-11-5-7-15-31(22)25/h1-11,14-17H,12-13,18-19H2. The van der Waals surface area contributed by atoms with Gasteiger partial charge in [0.15, 0.2) is 5.78 Å². The van der Waals surface area contributed by atoms with Crippen molar-refractivity contribution in [2.45, 2.75) is 25.9 Å². The Bertz CT molecular complexity index is 1340. The summed E-state index contributed by atoms with van der Waals surface area (Å²) in [5, 5.41) is 0. The summed E-state index contributed by atoms with van der Waals surface area (Å²) in [5.74, 6) is -0.121. The summed E-state index contributed by atoms with van der Waals surface area (Å²) in [6, 6.07) is 20.7. The van der Waals surface area contributed by atoms with Crippen LogP contribution >= 0.6 is 0 Å². The highest BCUT2D eigenvalue weighted by molar-refractivity contribution is 5.97. The first-order chi connectivity index (χ1) is 16.2. The van der Waals surface area contributed by atoms with Crippen molar-refractivity contribution in [2.24, 2.45) is 0 Å². The van der Waals surface area contributed by atoms with Crippen molar-refractivity contribution in [1.29, 1.82) is 0 Å². The van der Waals surface area contributed by atoms with Gasteiger partial charge in [0.2, 0.25) is 5.91 Å². The van der Waals surface area contributed by atoms with E-state index in [1.807, 2.05) is 75.8 Å². The lowest BCUT2D eigenvalue weighted by Gasteiger charge is -2.22. The normalized spacial score (nSPS) is 11.2. The summed E-state index contributed by atoms with van der Waals surface area (Å²) in [4.78, 5) is 36.5. The van der Waals surface area contributed by atoms with Gasteiger partial charge in [0, 0.05) is 30.8 Å². The fraction of sp³-hybridized carbons (Fsp3) is 0.154. The Morgan fingerprint density at radius 2 is 1.24 bits per heavy atom. The molecule has 1 amide bonds. The molecular formula is C26H23N5O2. The molecule has 0 unspecified atom stereocenters. The molecule has 4 heterocycles. The van der Waals surface area contributed by atoms with E-state index in [4.69, 9.17) is 0 Å². The molecule has 5 rings (SSSR count). The van der Waals surface area contributed by atoms with Crippen molar-refractivity contribution < 1.29 is 9.59 Å². The zero-order chi connectivity index (χ0) is 22.6. The highest BCUT2D eigenvalue weighted by Gasteiger charge is 2.20. The maximum Gasteiger partial charge on any atom is 0.223 e. The van der Waals surface area contributed by atoms with Gasteiger partial charge in [-0.25, -0.2) is 9.97 Å². The van der Waals surface area contributed by atoms with E-state index in [1.54, 1.807) is 29.4 Å². The van der Waals surface area contributed by atoms with Crippen molar-refractivity contribution in [3.05, 3.63) is 108 Å². The first kappa shape index (κ1) is 20.6. The lowest BCUT2D eigenvalue weighted by atomic mass is 10.1. The Morgan fingerprint density at radius 3 is 1.82 bits per heavy atom. The number of fused-ring (bicyclic) bond motifs is 2. The molecule has 7 heteroatoms. The lowest BCUT2D eigenvalue weighted by molar-refractivity contribution is -0.132. The number of Topliss-reactive ketones (excluding diaryl/α,β-unsaturated/α-hetero) is 1. The van der Waals surface area contributed by atoms with Gasteiger partial charge in [-0.15, -0.1) is 0 Å². The van der Waals surface area contributed by atoms with Crippen LogP contribution in [0.3, 0.4) is 0 Å². The maximum absolute atomic E-state index is 13.3. The first-order valence-corrected chi connectivity index (χ1v) is 10.9. The van der Waals surface area contributed by atoms with Crippen LogP contribution in [0.1, 0.15) is 34.6 Å². The Hall–Kier alpha value is -4.26. The highest BCUT2D eigenvalue weighted by Crippen LogP contribution is 2.16. The third-order valence-corrected chi connectivity index (χ3v) is 5.71. The molecule has 7 nitrogen and oxygen atoms in total. The molecule has 0 N–H and O–H groups in total. The average molecular weight is 438 g/mol. The molecule has 0 radical (unpaired) electrons. The molecule has 164 valence electrons. The molecule has 0 aliphatic heterocycles. The Labute approximate surface area is 190 Å². The van der Waals surface area contributed by atoms with E-state index in [0.29, 0.717) is 18.7 Å². The summed E-state index contributed by atoms with van der Waals surface area (Å²) in [7, 11) is 0. The highest BCUT2D eigenvalue weighted by atomic mass is 16.2. The SMILES string of the molecule is O=C(CCC(=O)N(Cc1cnc2ccccn12)Cc1cnc2ccccn12)c1ccccc1. The molecule has 4 aromatic heterocycles. The number of benzene rings is 1. The molecule has 0 aliphatic rings. The molecule has 0 fully saturated rings. The summed E-state index contributed by atoms with van der Waals surface area (Å²) < 4.78 is 3.95. The summed E-state index contributed by atoms with van der Waals surface area (Å²) >= 11 is 0. The molecule has 5 aromatic rings. The Kier molecular flexibility index (Phi) is 5.68. The monoisotopic (exact) mass is 437 g/mol. The number of aromatic nitrogens is 4. The van der Waals surface area contributed by atoms with Gasteiger partial charge in [0.1, 0.15) is 11.3 Å². The van der Waals surface area contributed by atoms with Gasteiger partial charge in [-0.2, -0.15) is 0 Å². The molecule has 0 aliphatic carbocycles. The van der Waals surface area contributed by atoms with Crippen LogP contribution in [-0.2, 0) is 17.9 Å². The minimum Gasteiger partial charge on any atom is -0.331 e. The number of hydrogen-bond acceptors (Lipinski definition) is 4. The zero-order valence-electron chi connectivity index (χ0n) is 18.0. The van der Waals surface area contributed by atoms with Crippen LogP contribution in [0.15, 0.2) is 91.5 Å². The minimum atomic E-state index is -0.0870. The molecule has 0 spiro atoms. The molecular weight excluding hydrogens is 414 g/mol. The molecule has 0 atom stereocenters. The van der Waals surface area contributed by atoms with Gasteiger partial charge in [-0.1, -0.05) is 42.5 Å². The number of carbonyl (C=O) groups excluding carboxylic acids is 2. The van der Waals surface area contributed by atoms with Gasteiger partial charge >= 0.3 is 0 Å². The van der Waals surface area contributed by atoms with Crippen molar-refractivity contribution in [1.82, 2.24) is 23.7 Å². The van der Waals surface area contributed by atoms with Gasteiger partial charge < -0.3 is 13.7 Å². The van der Waals surface area contributed by atoms with E-state index in [-0.39, 0.29) is 24.5 Å². The lowest BCUT2D eigenvalue weighted by Crippen LogP contribution is -2.31. The van der Waals surface area contributed by atoms with E-state index >= 15 is 0 Å². The van der Waals surface area contributed by atoms with Crippen LogP contribution in [0.4, 0.5) is 0 Å². The van der Waals surface area contributed by atoms with Crippen LogP contribution < -0.4 is 0 Å². The average Bonchev–Trinajstić information content (AvgIpc) is 3.47. The molecule has 1 aromatic carbocycles. The molecule has 0 saturated heterocycles. The van der Waals surface area contributed by atoms with E-state index in [1.165, 1.54) is 0 Å². The van der Waals surface area contributed by atoms with Crippen molar-refractivity contribution in [2.75, 3.05) is 0 Å². The van der Waals surface area contributed by atoms with Gasteiger partial charge in [0.05, 0.1) is 36.9 Å². The van der Waals surface area contributed by atoms with Gasteiger partial charge in [0.25, 0.3) is 0 Å². The fourth-order valence-electron chi connectivity index (χ4n) is 3.97. The number of imidazole rings is 2. The van der Waals surface area contributed by atoms with E-state index in [0.717, 1.165) is 22.7 Å². The van der Waals surface area contributed by atoms with Crippen molar-refractivity contribution >= 4 is 23.0 Å². The Balaban J connectivity index is 1.39. The quantitative estimate of drug-likeness (QED) is 0.342. The second-order valence-electron chi connectivity index (χ2n) is 7.90. The number of amides is 1. The predicted molar refractivity (Wildman–Crippen MR) is 125 cm³/mol. The van der Waals surface area contributed by atoms with Crippen LogP contribution in [0.25, 0.3) is 11.3 Å². The van der Waals surface area contributed by atoms with E-state index in [9.17, 15) is 9.59 Å². The second kappa shape index (κ2) is 9.08. The third kappa shape index (κ3) is 4.39. The predicted octanol–water partition coefficient (Wildman–Crippen LogP) is 4.17. The van der Waals surface area contributed by atoms with Crippen LogP contribution in [0, 0.1) is 0 Å². The number of rotatable bonds is 8. The first-order valence-electron chi connectivity index (χ1n) is 10.9. The van der Waals surface area contributed by atoms with Gasteiger partial charge in [-0.3, -0.25) is 9.59 Å². The maximum atomic E-state index is 13.3. The zero-order valence-corrected chi connectivity index (χ0v) is 18.0. The number of ketones is 1. The van der Waals surface area contributed by atoms with E-state index < -0.39 is 0 Å². The van der Waals surface area contributed by atoms with Crippen LogP contribution in [-0.4, -0.2) is 35.4 Å².